The zero-order valence-electron chi connectivity index (χ0n) is 15.4. The number of benzene rings is 2. The molecule has 0 saturated heterocycles. The van der Waals surface area contributed by atoms with Gasteiger partial charge in [-0.05, 0) is 37.3 Å². The van der Waals surface area contributed by atoms with E-state index in [1.54, 1.807) is 12.1 Å². The molecule has 0 aliphatic carbocycles. The van der Waals surface area contributed by atoms with Gasteiger partial charge in [0.15, 0.2) is 5.76 Å². The van der Waals surface area contributed by atoms with Gasteiger partial charge in [-0.3, -0.25) is 0 Å². The molecular weight excluding hydrogens is 382 g/mol. The highest BCUT2D eigenvalue weighted by molar-refractivity contribution is 7.84. The van der Waals surface area contributed by atoms with Crippen molar-refractivity contribution in [3.05, 3.63) is 54.1 Å². The Balaban J connectivity index is 1.61. The summed E-state index contributed by atoms with van der Waals surface area (Å²) in [5, 5.41) is 4.98. The van der Waals surface area contributed by atoms with Gasteiger partial charge in [0, 0.05) is 30.6 Å². The van der Waals surface area contributed by atoms with Gasteiger partial charge in [-0.2, -0.15) is 17.7 Å². The van der Waals surface area contributed by atoms with Crippen molar-refractivity contribution in [1.29, 1.82) is 0 Å². The van der Waals surface area contributed by atoms with E-state index >= 15 is 0 Å². The lowest BCUT2D eigenvalue weighted by atomic mass is 10.1. The first-order valence-electron chi connectivity index (χ1n) is 8.40. The van der Waals surface area contributed by atoms with Crippen LogP contribution in [0.2, 0.25) is 0 Å². The first-order valence-corrected chi connectivity index (χ1v) is 9.76. The van der Waals surface area contributed by atoms with Crippen molar-refractivity contribution >= 4 is 21.3 Å². The van der Waals surface area contributed by atoms with E-state index in [0.717, 1.165) is 20.8 Å². The van der Waals surface area contributed by atoms with Crippen LogP contribution in [0.15, 0.2) is 57.5 Å². The van der Waals surface area contributed by atoms with Crippen LogP contribution in [0.25, 0.3) is 34.0 Å². The minimum atomic E-state index is -3.81. The Morgan fingerprint density at radius 2 is 1.75 bits per heavy atom. The number of furan rings is 1. The van der Waals surface area contributed by atoms with Crippen LogP contribution in [0.1, 0.15) is 5.56 Å². The number of rotatable bonds is 5. The lowest BCUT2D eigenvalue weighted by molar-refractivity contribution is 0.419. The van der Waals surface area contributed by atoms with Crippen molar-refractivity contribution in [3.8, 4) is 28.8 Å². The number of aryl methyl sites for hydroxylation is 1. The van der Waals surface area contributed by atoms with Gasteiger partial charge in [-0.15, -0.1) is 0 Å². The zero-order chi connectivity index (χ0) is 19.9. The number of hydrogen-bond acceptors (Lipinski definition) is 7. The first-order chi connectivity index (χ1) is 13.3. The summed E-state index contributed by atoms with van der Waals surface area (Å²) in [4.78, 5) is 4.40. The Bertz CT molecular complexity index is 1240. The highest BCUT2D eigenvalue weighted by Gasteiger charge is 2.19. The molecule has 0 saturated carbocycles. The Kier molecular flexibility index (Phi) is 4.40. The summed E-state index contributed by atoms with van der Waals surface area (Å²) in [6.07, 6.45) is 0. The minimum absolute atomic E-state index is 0.189. The Hall–Kier alpha value is -3.17. The van der Waals surface area contributed by atoms with E-state index in [0.29, 0.717) is 17.1 Å². The van der Waals surface area contributed by atoms with E-state index < -0.39 is 10.3 Å². The molecule has 144 valence electrons. The summed E-state index contributed by atoms with van der Waals surface area (Å²) in [6, 6.07) is 14.0. The molecule has 0 aliphatic heterocycles. The predicted molar refractivity (Wildman–Crippen MR) is 103 cm³/mol. The lowest BCUT2D eigenvalue weighted by Gasteiger charge is -2.11. The van der Waals surface area contributed by atoms with Crippen LogP contribution in [0.4, 0.5) is 0 Å². The van der Waals surface area contributed by atoms with Crippen LogP contribution < -0.4 is 4.18 Å². The molecule has 28 heavy (non-hydrogen) atoms. The molecule has 8 nitrogen and oxygen atoms in total. The van der Waals surface area contributed by atoms with Crippen LogP contribution in [0.3, 0.4) is 0 Å². The molecule has 2 aromatic carbocycles. The number of hydrogen-bond donors (Lipinski definition) is 0. The fraction of sp³-hybridized carbons (Fsp3) is 0.158. The third-order valence-corrected chi connectivity index (χ3v) is 5.52. The fourth-order valence-corrected chi connectivity index (χ4v) is 3.17. The fourth-order valence-electron chi connectivity index (χ4n) is 2.67. The molecular formula is C19H17N3O5S. The first kappa shape index (κ1) is 18.2. The van der Waals surface area contributed by atoms with E-state index in [1.807, 2.05) is 31.2 Å². The topological polar surface area (TPSA) is 98.7 Å². The van der Waals surface area contributed by atoms with E-state index in [2.05, 4.69) is 10.1 Å². The molecule has 0 amide bonds. The maximum Gasteiger partial charge on any atom is 0.384 e. The third kappa shape index (κ3) is 3.25. The van der Waals surface area contributed by atoms with E-state index in [-0.39, 0.29) is 11.6 Å². The van der Waals surface area contributed by atoms with Crippen molar-refractivity contribution < 1.29 is 21.5 Å². The van der Waals surface area contributed by atoms with Crippen molar-refractivity contribution in [2.24, 2.45) is 0 Å². The monoisotopic (exact) mass is 399 g/mol. The zero-order valence-corrected chi connectivity index (χ0v) is 16.2. The summed E-state index contributed by atoms with van der Waals surface area (Å²) in [5.74, 6) is 1.35. The molecule has 0 N–H and O–H groups in total. The van der Waals surface area contributed by atoms with Crippen LogP contribution >= 0.6 is 0 Å². The molecule has 4 aromatic rings. The quantitative estimate of drug-likeness (QED) is 0.505. The molecule has 0 atom stereocenters. The smallest absolute Gasteiger partial charge is 0.384 e. The summed E-state index contributed by atoms with van der Waals surface area (Å²) >= 11 is 0. The summed E-state index contributed by atoms with van der Waals surface area (Å²) < 4.78 is 40.7. The number of nitrogens with zero attached hydrogens (tertiary/aromatic N) is 3. The molecule has 0 radical (unpaired) electrons. The second-order valence-electron chi connectivity index (χ2n) is 6.32. The highest BCUT2D eigenvalue weighted by Crippen LogP contribution is 2.33. The Labute approximate surface area is 161 Å². The molecule has 0 aliphatic rings. The van der Waals surface area contributed by atoms with Crippen LogP contribution in [-0.4, -0.2) is 37.0 Å². The summed E-state index contributed by atoms with van der Waals surface area (Å²) in [7, 11) is -1.02. The standard InChI is InChI=1S/C19H17N3O5S/c1-12-15-6-4-5-7-16(15)25-17(12)19-20-18(21-26-19)13-8-10-14(11-9-13)27-28(23,24)22(2)3/h4-11H,1-3H3. The van der Waals surface area contributed by atoms with E-state index in [1.165, 1.54) is 26.2 Å². The van der Waals surface area contributed by atoms with Crippen LogP contribution in [-0.2, 0) is 10.3 Å². The summed E-state index contributed by atoms with van der Waals surface area (Å²) in [5.41, 5.74) is 2.32. The molecule has 2 heterocycles. The van der Waals surface area contributed by atoms with Crippen molar-refractivity contribution in [2.75, 3.05) is 14.1 Å². The highest BCUT2D eigenvalue weighted by atomic mass is 32.2. The average molecular weight is 399 g/mol. The molecule has 2 aromatic heterocycles. The van der Waals surface area contributed by atoms with Gasteiger partial charge in [0.25, 0.3) is 5.89 Å². The second kappa shape index (κ2) is 6.77. The van der Waals surface area contributed by atoms with Gasteiger partial charge >= 0.3 is 10.3 Å². The molecule has 0 unspecified atom stereocenters. The largest absolute Gasteiger partial charge is 0.451 e. The second-order valence-corrected chi connectivity index (χ2v) is 8.08. The molecule has 0 fully saturated rings. The normalized spacial score (nSPS) is 12.0. The van der Waals surface area contributed by atoms with Crippen molar-refractivity contribution in [2.45, 2.75) is 6.92 Å². The third-order valence-electron chi connectivity index (χ3n) is 4.23. The van der Waals surface area contributed by atoms with Gasteiger partial charge in [0.1, 0.15) is 11.3 Å². The molecule has 4 rings (SSSR count). The number of para-hydroxylation sites is 1. The van der Waals surface area contributed by atoms with Gasteiger partial charge < -0.3 is 13.1 Å². The Morgan fingerprint density at radius 3 is 2.43 bits per heavy atom. The summed E-state index contributed by atoms with van der Waals surface area (Å²) in [6.45, 7) is 1.93. The van der Waals surface area contributed by atoms with E-state index in [9.17, 15) is 8.42 Å². The van der Waals surface area contributed by atoms with Gasteiger partial charge in [-0.1, -0.05) is 23.4 Å². The SMILES string of the molecule is Cc1c(-c2nc(-c3ccc(OS(=O)(=O)N(C)C)cc3)no2)oc2ccccc12. The maximum absolute atomic E-state index is 11.8. The van der Waals surface area contributed by atoms with E-state index in [4.69, 9.17) is 13.1 Å². The molecule has 0 spiro atoms. The van der Waals surface area contributed by atoms with Crippen molar-refractivity contribution in [1.82, 2.24) is 14.4 Å². The van der Waals surface area contributed by atoms with Gasteiger partial charge in [0.2, 0.25) is 5.82 Å². The average Bonchev–Trinajstić information content (AvgIpc) is 3.27. The lowest BCUT2D eigenvalue weighted by Crippen LogP contribution is -2.26. The van der Waals surface area contributed by atoms with Gasteiger partial charge in [0.05, 0.1) is 0 Å². The van der Waals surface area contributed by atoms with Crippen LogP contribution in [0, 0.1) is 6.92 Å². The van der Waals surface area contributed by atoms with Gasteiger partial charge in [-0.25, -0.2) is 0 Å². The van der Waals surface area contributed by atoms with Crippen LogP contribution in [0.5, 0.6) is 5.75 Å². The molecule has 0 bridgehead atoms. The number of fused-ring (bicyclic) bond motifs is 1. The maximum atomic E-state index is 11.8. The minimum Gasteiger partial charge on any atom is -0.451 e. The van der Waals surface area contributed by atoms with Crippen molar-refractivity contribution in [3.63, 3.8) is 0 Å². The predicted octanol–water partition coefficient (Wildman–Crippen LogP) is 3.64. The number of aromatic nitrogens is 2. The Morgan fingerprint density at radius 1 is 1.04 bits per heavy atom. The molecule has 9 heteroatoms.